The largest absolute Gasteiger partial charge is 0.511 e. The number of carbonyl (C=O) groups excluding carboxylic acids is 1. The van der Waals surface area contributed by atoms with E-state index in [1.807, 2.05) is 0 Å². The Morgan fingerprint density at radius 2 is 1.12 bits per heavy atom. The van der Waals surface area contributed by atoms with Crippen LogP contribution in [0, 0.1) is 11.8 Å². The lowest BCUT2D eigenvalue weighted by atomic mass is 9.78. The van der Waals surface area contributed by atoms with Gasteiger partial charge in [-0.25, -0.2) is 0 Å². The summed E-state index contributed by atoms with van der Waals surface area (Å²) in [5, 5.41) is 43.5. The van der Waals surface area contributed by atoms with Crippen LogP contribution in [-0.4, -0.2) is 40.4 Å². The van der Waals surface area contributed by atoms with Crippen LogP contribution >= 0.6 is 0 Å². The third-order valence-electron chi connectivity index (χ3n) is 6.15. The van der Waals surface area contributed by atoms with Gasteiger partial charge >= 0.3 is 0 Å². The van der Waals surface area contributed by atoms with E-state index in [-0.39, 0.29) is 11.5 Å². The summed E-state index contributed by atoms with van der Waals surface area (Å²) < 4.78 is 10.6. The summed E-state index contributed by atoms with van der Waals surface area (Å²) in [6.07, 6.45) is 7.98. The molecule has 0 amide bonds. The van der Waals surface area contributed by atoms with Gasteiger partial charge in [0.2, 0.25) is 0 Å². The highest BCUT2D eigenvalue weighted by Crippen LogP contribution is 2.40. The normalized spacial score (nSPS) is 28.1. The van der Waals surface area contributed by atoms with Crippen molar-refractivity contribution in [1.82, 2.24) is 0 Å². The van der Waals surface area contributed by atoms with Gasteiger partial charge in [0, 0.05) is 11.1 Å². The van der Waals surface area contributed by atoms with E-state index in [4.69, 9.17) is 9.47 Å². The average Bonchev–Trinajstić information content (AvgIpc) is 2.83. The average molecular weight is 462 g/mol. The second kappa shape index (κ2) is 8.85. The molecule has 2 aliphatic carbocycles. The number of ketones is 1. The maximum atomic E-state index is 13.2. The molecule has 2 aromatic carbocycles. The molecule has 4 rings (SSSR count). The molecule has 7 heteroatoms. The number of aliphatic hydroxyl groups is 4. The van der Waals surface area contributed by atoms with Crippen LogP contribution < -0.4 is 9.47 Å². The summed E-state index contributed by atoms with van der Waals surface area (Å²) >= 11 is 0. The van der Waals surface area contributed by atoms with Crippen molar-refractivity contribution in [3.63, 3.8) is 0 Å². The van der Waals surface area contributed by atoms with Gasteiger partial charge < -0.3 is 29.9 Å². The van der Waals surface area contributed by atoms with E-state index < -0.39 is 28.8 Å². The van der Waals surface area contributed by atoms with E-state index in [9.17, 15) is 25.2 Å². The SMILES string of the molecule is COc1ccccc1C1(O)C=CC(C(=O)C2C=CC(O)(c3ccccc3OC)C=C2O)C(O)=C1. The number of methoxy groups -OCH3 is 2. The van der Waals surface area contributed by atoms with Gasteiger partial charge in [-0.1, -0.05) is 48.6 Å². The molecule has 0 radical (unpaired) electrons. The molecule has 0 saturated carbocycles. The van der Waals surface area contributed by atoms with Gasteiger partial charge in [0.15, 0.2) is 5.78 Å². The maximum absolute atomic E-state index is 13.2. The smallest absolute Gasteiger partial charge is 0.161 e. The zero-order valence-corrected chi connectivity index (χ0v) is 18.8. The van der Waals surface area contributed by atoms with Crippen molar-refractivity contribution >= 4 is 5.78 Å². The summed E-state index contributed by atoms with van der Waals surface area (Å²) in [5.41, 5.74) is -2.52. The van der Waals surface area contributed by atoms with E-state index in [1.165, 1.54) is 50.7 Å². The molecule has 34 heavy (non-hydrogen) atoms. The number of rotatable bonds is 6. The molecule has 0 bridgehead atoms. The molecule has 0 heterocycles. The number of hydrogen-bond acceptors (Lipinski definition) is 7. The molecule has 4 unspecified atom stereocenters. The molecule has 0 fully saturated rings. The number of ether oxygens (including phenoxy) is 2. The second-order valence-corrected chi connectivity index (χ2v) is 8.27. The zero-order chi connectivity index (χ0) is 24.5. The lowest BCUT2D eigenvalue weighted by Gasteiger charge is -2.31. The van der Waals surface area contributed by atoms with Crippen molar-refractivity contribution in [2.24, 2.45) is 11.8 Å². The van der Waals surface area contributed by atoms with Crippen LogP contribution in [-0.2, 0) is 16.0 Å². The molecule has 4 N–H and O–H groups in total. The first-order valence-electron chi connectivity index (χ1n) is 10.7. The Morgan fingerprint density at radius 3 is 1.47 bits per heavy atom. The minimum Gasteiger partial charge on any atom is -0.511 e. The molecule has 0 saturated heterocycles. The van der Waals surface area contributed by atoms with E-state index in [0.29, 0.717) is 22.6 Å². The van der Waals surface area contributed by atoms with Crippen molar-refractivity contribution < 1.29 is 34.7 Å². The van der Waals surface area contributed by atoms with Crippen molar-refractivity contribution in [1.29, 1.82) is 0 Å². The Morgan fingerprint density at radius 1 is 0.735 bits per heavy atom. The quantitative estimate of drug-likeness (QED) is 0.485. The highest BCUT2D eigenvalue weighted by Gasteiger charge is 2.40. The molecule has 0 aromatic heterocycles. The van der Waals surface area contributed by atoms with Crippen molar-refractivity contribution in [2.75, 3.05) is 14.2 Å². The summed E-state index contributed by atoms with van der Waals surface area (Å²) in [5.74, 6) is -2.54. The number of aliphatic hydroxyl groups excluding tert-OH is 2. The lowest BCUT2D eigenvalue weighted by Crippen LogP contribution is -2.33. The highest BCUT2D eigenvalue weighted by atomic mass is 16.5. The summed E-state index contributed by atoms with van der Waals surface area (Å²) in [4.78, 5) is 13.2. The first-order valence-corrected chi connectivity index (χ1v) is 10.7. The molecule has 2 aliphatic rings. The molecule has 2 aromatic rings. The predicted octanol–water partition coefficient (Wildman–Crippen LogP) is 3.60. The van der Waals surface area contributed by atoms with Crippen molar-refractivity contribution in [3.05, 3.63) is 108 Å². The molecule has 7 nitrogen and oxygen atoms in total. The fraction of sp³-hybridized carbons (Fsp3) is 0.222. The van der Waals surface area contributed by atoms with Gasteiger partial charge in [-0.05, 0) is 36.4 Å². The Balaban J connectivity index is 1.59. The van der Waals surface area contributed by atoms with E-state index >= 15 is 0 Å². The monoisotopic (exact) mass is 462 g/mol. The number of allylic oxidation sites excluding steroid dienone is 2. The summed E-state index contributed by atoms with van der Waals surface area (Å²) in [7, 11) is 2.95. The van der Waals surface area contributed by atoms with Crippen LogP contribution in [0.2, 0.25) is 0 Å². The van der Waals surface area contributed by atoms with Crippen LogP contribution in [0.3, 0.4) is 0 Å². The van der Waals surface area contributed by atoms with Gasteiger partial charge in [-0.2, -0.15) is 0 Å². The number of carbonyl (C=O) groups is 1. The molecule has 0 aliphatic heterocycles. The Labute approximate surface area is 197 Å². The zero-order valence-electron chi connectivity index (χ0n) is 18.8. The lowest BCUT2D eigenvalue weighted by molar-refractivity contribution is -0.123. The highest BCUT2D eigenvalue weighted by molar-refractivity contribution is 5.91. The Hall–Kier alpha value is -3.81. The van der Waals surface area contributed by atoms with Gasteiger partial charge in [-0.3, -0.25) is 4.79 Å². The van der Waals surface area contributed by atoms with E-state index in [1.54, 1.807) is 48.5 Å². The topological polar surface area (TPSA) is 116 Å². The van der Waals surface area contributed by atoms with Crippen LogP contribution in [0.4, 0.5) is 0 Å². The fourth-order valence-electron chi connectivity index (χ4n) is 4.37. The standard InChI is InChI=1S/C27H26O7/c1-33-23-9-5-3-7-19(23)26(31)13-11-17(21(28)15-26)25(30)18-12-14-27(32,16-22(18)29)20-8-4-6-10-24(20)34-2/h3-18,28-29,31-32H,1-2H3. The minimum atomic E-state index is -1.67. The van der Waals surface area contributed by atoms with E-state index in [2.05, 4.69) is 0 Å². The molecule has 0 spiro atoms. The van der Waals surface area contributed by atoms with Gasteiger partial charge in [0.05, 0.1) is 26.1 Å². The first kappa shape index (κ1) is 23.4. The minimum absolute atomic E-state index is 0.354. The molecule has 176 valence electrons. The maximum Gasteiger partial charge on any atom is 0.161 e. The van der Waals surface area contributed by atoms with Crippen LogP contribution in [0.5, 0.6) is 11.5 Å². The third kappa shape index (κ3) is 4.00. The molecular formula is C27H26O7. The molecular weight excluding hydrogens is 436 g/mol. The predicted molar refractivity (Wildman–Crippen MR) is 125 cm³/mol. The summed E-state index contributed by atoms with van der Waals surface area (Å²) in [6, 6.07) is 13.6. The number of para-hydroxylation sites is 2. The van der Waals surface area contributed by atoms with E-state index in [0.717, 1.165) is 0 Å². The Bertz CT molecular complexity index is 1130. The van der Waals surface area contributed by atoms with Gasteiger partial charge in [0.1, 0.15) is 34.2 Å². The Kier molecular flexibility index (Phi) is 6.08. The van der Waals surface area contributed by atoms with Crippen LogP contribution in [0.15, 0.2) is 96.5 Å². The first-order chi connectivity index (χ1) is 16.2. The van der Waals surface area contributed by atoms with Gasteiger partial charge in [-0.15, -0.1) is 0 Å². The van der Waals surface area contributed by atoms with Crippen LogP contribution in [0.25, 0.3) is 0 Å². The van der Waals surface area contributed by atoms with Crippen molar-refractivity contribution in [2.45, 2.75) is 11.2 Å². The van der Waals surface area contributed by atoms with Crippen LogP contribution in [0.1, 0.15) is 11.1 Å². The summed E-state index contributed by atoms with van der Waals surface area (Å²) in [6.45, 7) is 0. The van der Waals surface area contributed by atoms with Gasteiger partial charge in [0.25, 0.3) is 0 Å². The number of benzene rings is 2. The number of hydrogen-bond donors (Lipinski definition) is 4. The molecule has 4 atom stereocenters. The second-order valence-electron chi connectivity index (χ2n) is 8.27. The van der Waals surface area contributed by atoms with Crippen molar-refractivity contribution in [3.8, 4) is 11.5 Å². The fourth-order valence-corrected chi connectivity index (χ4v) is 4.37. The third-order valence-corrected chi connectivity index (χ3v) is 6.15. The number of Topliss-reactive ketones (excluding diaryl/α,β-unsaturated/α-hetero) is 1.